The number of aryl methyl sites for hydroxylation is 1. The summed E-state index contributed by atoms with van der Waals surface area (Å²) in [5, 5.41) is 16.5. The number of halogens is 1. The van der Waals surface area contributed by atoms with Crippen molar-refractivity contribution in [3.8, 4) is 11.4 Å². The van der Waals surface area contributed by atoms with Crippen LogP contribution >= 0.6 is 15.9 Å². The van der Waals surface area contributed by atoms with E-state index < -0.39 is 17.2 Å². The smallest absolute Gasteiger partial charge is 0.281 e. The van der Waals surface area contributed by atoms with Crippen molar-refractivity contribution in [1.82, 2.24) is 14.8 Å². The quantitative estimate of drug-likeness (QED) is 0.704. The van der Waals surface area contributed by atoms with Gasteiger partial charge in [0.2, 0.25) is 0 Å². The Bertz CT molecular complexity index is 1000. The summed E-state index contributed by atoms with van der Waals surface area (Å²) in [7, 11) is 0. The summed E-state index contributed by atoms with van der Waals surface area (Å²) >= 11 is 3.31. The third kappa shape index (κ3) is 3.74. The SMILES string of the molecule is Cc1ccnc(NC(=O)c2nn(-c3ccc(Br)cc3)c(=O)cc2O)c1. The number of pyridine rings is 1. The van der Waals surface area contributed by atoms with Gasteiger partial charge < -0.3 is 10.4 Å². The van der Waals surface area contributed by atoms with E-state index in [1.165, 1.54) is 0 Å². The van der Waals surface area contributed by atoms with Crippen molar-refractivity contribution in [3.63, 3.8) is 0 Å². The Kier molecular flexibility index (Phi) is 4.62. The molecule has 25 heavy (non-hydrogen) atoms. The highest BCUT2D eigenvalue weighted by Gasteiger charge is 2.17. The van der Waals surface area contributed by atoms with Crippen molar-refractivity contribution in [1.29, 1.82) is 0 Å². The highest BCUT2D eigenvalue weighted by atomic mass is 79.9. The maximum atomic E-state index is 12.4. The van der Waals surface area contributed by atoms with Gasteiger partial charge in [-0.05, 0) is 48.9 Å². The van der Waals surface area contributed by atoms with Crippen LogP contribution in [-0.2, 0) is 0 Å². The van der Waals surface area contributed by atoms with E-state index in [1.807, 2.05) is 6.92 Å². The molecule has 0 saturated heterocycles. The number of aromatic hydroxyl groups is 1. The minimum absolute atomic E-state index is 0.272. The monoisotopic (exact) mass is 400 g/mol. The van der Waals surface area contributed by atoms with Gasteiger partial charge in [-0.2, -0.15) is 9.78 Å². The Morgan fingerprint density at radius 1 is 1.20 bits per heavy atom. The van der Waals surface area contributed by atoms with Crippen LogP contribution in [-0.4, -0.2) is 25.8 Å². The Labute approximate surface area is 151 Å². The summed E-state index contributed by atoms with van der Waals surface area (Å²) in [5.74, 6) is -0.836. The van der Waals surface area contributed by atoms with Crippen molar-refractivity contribution in [2.75, 3.05) is 5.32 Å². The van der Waals surface area contributed by atoms with E-state index in [9.17, 15) is 14.7 Å². The van der Waals surface area contributed by atoms with Crippen molar-refractivity contribution in [2.24, 2.45) is 0 Å². The summed E-state index contributed by atoms with van der Waals surface area (Å²) in [6.45, 7) is 1.86. The van der Waals surface area contributed by atoms with E-state index in [4.69, 9.17) is 0 Å². The molecule has 2 heterocycles. The maximum absolute atomic E-state index is 12.4. The van der Waals surface area contributed by atoms with Crippen LogP contribution < -0.4 is 10.9 Å². The molecule has 0 radical (unpaired) electrons. The fraction of sp³-hybridized carbons (Fsp3) is 0.0588. The maximum Gasteiger partial charge on any atom is 0.281 e. The third-order valence-electron chi connectivity index (χ3n) is 3.35. The molecule has 8 heteroatoms. The van der Waals surface area contributed by atoms with Gasteiger partial charge in [0.05, 0.1) is 5.69 Å². The molecule has 0 aliphatic carbocycles. The molecule has 0 aliphatic heterocycles. The van der Waals surface area contributed by atoms with Gasteiger partial charge in [0.1, 0.15) is 5.82 Å². The second kappa shape index (κ2) is 6.86. The lowest BCUT2D eigenvalue weighted by molar-refractivity contribution is 0.101. The number of nitrogens with zero attached hydrogens (tertiary/aromatic N) is 3. The van der Waals surface area contributed by atoms with Crippen LogP contribution in [0.5, 0.6) is 5.75 Å². The minimum Gasteiger partial charge on any atom is -0.505 e. The minimum atomic E-state index is -0.665. The van der Waals surface area contributed by atoms with Gasteiger partial charge in [0.25, 0.3) is 11.5 Å². The second-order valence-corrected chi connectivity index (χ2v) is 6.19. The predicted octanol–water partition coefficient (Wildman–Crippen LogP) is 2.66. The molecule has 0 spiro atoms. The van der Waals surface area contributed by atoms with Crippen LogP contribution in [0.1, 0.15) is 16.1 Å². The second-order valence-electron chi connectivity index (χ2n) is 5.28. The first-order valence-corrected chi connectivity index (χ1v) is 8.06. The van der Waals surface area contributed by atoms with Gasteiger partial charge in [-0.1, -0.05) is 15.9 Å². The Balaban J connectivity index is 1.98. The van der Waals surface area contributed by atoms with Gasteiger partial charge in [-0.3, -0.25) is 9.59 Å². The average Bonchev–Trinajstić information content (AvgIpc) is 2.56. The van der Waals surface area contributed by atoms with Gasteiger partial charge in [-0.15, -0.1) is 0 Å². The molecular weight excluding hydrogens is 388 g/mol. The zero-order valence-electron chi connectivity index (χ0n) is 13.1. The summed E-state index contributed by atoms with van der Waals surface area (Å²) in [4.78, 5) is 28.5. The fourth-order valence-electron chi connectivity index (χ4n) is 2.16. The lowest BCUT2D eigenvalue weighted by Gasteiger charge is -2.09. The van der Waals surface area contributed by atoms with Crippen LogP contribution in [0.3, 0.4) is 0 Å². The lowest BCUT2D eigenvalue weighted by Crippen LogP contribution is -2.25. The molecular formula is C17H13BrN4O3. The van der Waals surface area contributed by atoms with Crippen LogP contribution in [0.15, 0.2) is 57.9 Å². The molecule has 0 fully saturated rings. The van der Waals surface area contributed by atoms with E-state index in [-0.39, 0.29) is 5.69 Å². The number of benzene rings is 1. The zero-order valence-corrected chi connectivity index (χ0v) is 14.7. The molecule has 0 saturated carbocycles. The van der Waals surface area contributed by atoms with E-state index >= 15 is 0 Å². The van der Waals surface area contributed by atoms with E-state index in [0.717, 1.165) is 20.8 Å². The summed E-state index contributed by atoms with van der Waals surface area (Å²) in [6.07, 6.45) is 1.56. The third-order valence-corrected chi connectivity index (χ3v) is 3.88. The number of rotatable bonds is 3. The number of anilines is 1. The fourth-order valence-corrected chi connectivity index (χ4v) is 2.42. The first-order valence-electron chi connectivity index (χ1n) is 7.27. The number of carbonyl (C=O) groups excluding carboxylic acids is 1. The molecule has 7 nitrogen and oxygen atoms in total. The molecule has 0 unspecified atom stereocenters. The molecule has 0 bridgehead atoms. The Morgan fingerprint density at radius 3 is 2.60 bits per heavy atom. The number of nitrogens with one attached hydrogen (secondary N) is 1. The molecule has 0 aliphatic rings. The lowest BCUT2D eigenvalue weighted by atomic mass is 10.3. The number of aromatic nitrogens is 3. The zero-order chi connectivity index (χ0) is 18.0. The van der Waals surface area contributed by atoms with E-state index in [1.54, 1.807) is 42.6 Å². The molecule has 0 atom stereocenters. The number of hydrogen-bond donors (Lipinski definition) is 2. The Morgan fingerprint density at radius 2 is 1.92 bits per heavy atom. The largest absolute Gasteiger partial charge is 0.505 e. The van der Waals surface area contributed by atoms with Crippen molar-refractivity contribution < 1.29 is 9.90 Å². The van der Waals surface area contributed by atoms with Gasteiger partial charge in [0.15, 0.2) is 11.4 Å². The summed E-state index contributed by atoms with van der Waals surface area (Å²) in [6, 6.07) is 11.2. The molecule has 1 aromatic carbocycles. The Hall–Kier alpha value is -3.00. The standard InChI is InChI=1S/C17H13BrN4O3/c1-10-6-7-19-14(8-10)20-17(25)16-13(23)9-15(24)22(21-16)12-4-2-11(18)3-5-12/h2-9,23H,1H3,(H,19,20,25). The van der Waals surface area contributed by atoms with Gasteiger partial charge >= 0.3 is 0 Å². The van der Waals surface area contributed by atoms with Crippen LogP contribution in [0.2, 0.25) is 0 Å². The highest BCUT2D eigenvalue weighted by molar-refractivity contribution is 9.10. The molecule has 1 amide bonds. The number of amides is 1. The average molecular weight is 401 g/mol. The summed E-state index contributed by atoms with van der Waals surface area (Å²) in [5.41, 5.74) is 0.564. The summed E-state index contributed by atoms with van der Waals surface area (Å²) < 4.78 is 1.89. The highest BCUT2D eigenvalue weighted by Crippen LogP contribution is 2.16. The number of carbonyl (C=O) groups is 1. The van der Waals surface area contributed by atoms with E-state index in [0.29, 0.717) is 11.5 Å². The molecule has 2 aromatic heterocycles. The number of hydrogen-bond acceptors (Lipinski definition) is 5. The molecule has 3 aromatic rings. The van der Waals surface area contributed by atoms with Crippen LogP contribution in [0.25, 0.3) is 5.69 Å². The predicted molar refractivity (Wildman–Crippen MR) is 96.1 cm³/mol. The molecule has 126 valence electrons. The van der Waals surface area contributed by atoms with Crippen molar-refractivity contribution in [2.45, 2.75) is 6.92 Å². The van der Waals surface area contributed by atoms with E-state index in [2.05, 4.69) is 31.3 Å². The van der Waals surface area contributed by atoms with Gasteiger partial charge in [-0.25, -0.2) is 4.98 Å². The van der Waals surface area contributed by atoms with Crippen molar-refractivity contribution >= 4 is 27.7 Å². The van der Waals surface area contributed by atoms with Gasteiger partial charge in [0, 0.05) is 16.7 Å². The normalized spacial score (nSPS) is 10.5. The van der Waals surface area contributed by atoms with Crippen molar-refractivity contribution in [3.05, 3.63) is 74.7 Å². The molecule has 3 rings (SSSR count). The first-order chi connectivity index (χ1) is 11.9. The van der Waals surface area contributed by atoms with Crippen LogP contribution in [0.4, 0.5) is 5.82 Å². The topological polar surface area (TPSA) is 97.1 Å². The van der Waals surface area contributed by atoms with Crippen LogP contribution in [0, 0.1) is 6.92 Å². The molecule has 2 N–H and O–H groups in total. The first kappa shape index (κ1) is 16.8.